The zero-order chi connectivity index (χ0) is 8.10. The molecule has 0 spiro atoms. The smallest absolute Gasteiger partial charge is 0.188 e. The van der Waals surface area contributed by atoms with Crippen molar-refractivity contribution in [1.29, 1.82) is 0 Å². The highest BCUT2D eigenvalue weighted by Gasteiger charge is 1.86. The number of para-hydroxylation sites is 1. The summed E-state index contributed by atoms with van der Waals surface area (Å²) in [5.74, 6) is 0.666. The predicted molar refractivity (Wildman–Crippen MR) is 38.9 cm³/mol. The molecule has 54 valence electrons. The van der Waals surface area contributed by atoms with Crippen LogP contribution in [0.1, 0.15) is 1.37 Å². The van der Waals surface area contributed by atoms with Crippen molar-refractivity contribution in [3.05, 3.63) is 30.3 Å². The molecule has 10 heavy (non-hydrogen) atoms. The molecule has 0 radical (unpaired) electrons. The van der Waals surface area contributed by atoms with Gasteiger partial charge in [0.25, 0.3) is 0 Å². The first-order valence-electron chi connectivity index (χ1n) is 3.51. The van der Waals surface area contributed by atoms with Crippen LogP contribution in [-0.2, 0) is 4.74 Å². The molecule has 0 saturated carbocycles. The Kier molecular flexibility index (Phi) is 2.24. The summed E-state index contributed by atoms with van der Waals surface area (Å²) in [5, 5.41) is 0. The molecular weight excluding hydrogens is 128 g/mol. The summed E-state index contributed by atoms with van der Waals surface area (Å²) in [6.07, 6.45) is 0. The lowest BCUT2D eigenvalue weighted by molar-refractivity contribution is 0.0511. The van der Waals surface area contributed by atoms with E-state index >= 15 is 0 Å². The summed E-state index contributed by atoms with van der Waals surface area (Å²) in [4.78, 5) is 0. The van der Waals surface area contributed by atoms with Gasteiger partial charge < -0.3 is 9.47 Å². The Morgan fingerprint density at radius 1 is 1.50 bits per heavy atom. The van der Waals surface area contributed by atoms with Crippen molar-refractivity contribution < 1.29 is 10.8 Å². The van der Waals surface area contributed by atoms with Crippen LogP contribution in [-0.4, -0.2) is 13.9 Å². The molecule has 0 amide bonds. The van der Waals surface area contributed by atoms with Crippen LogP contribution in [0.4, 0.5) is 0 Å². The van der Waals surface area contributed by atoms with Gasteiger partial charge in [-0.1, -0.05) is 18.2 Å². The van der Waals surface area contributed by atoms with Gasteiger partial charge in [0.05, 0.1) is 1.37 Å². The Bertz CT molecular complexity index is 225. The highest BCUT2D eigenvalue weighted by molar-refractivity contribution is 5.20. The third-order valence-corrected chi connectivity index (χ3v) is 1.02. The van der Waals surface area contributed by atoms with Gasteiger partial charge in [0.1, 0.15) is 5.75 Å². The van der Waals surface area contributed by atoms with Crippen molar-refractivity contribution in [3.8, 4) is 5.75 Å². The summed E-state index contributed by atoms with van der Waals surface area (Å²) in [5.41, 5.74) is 0. The Hall–Kier alpha value is -1.02. The van der Waals surface area contributed by atoms with E-state index in [1.165, 1.54) is 0 Å². The van der Waals surface area contributed by atoms with Gasteiger partial charge in [-0.05, 0) is 12.1 Å². The van der Waals surface area contributed by atoms with E-state index in [0.717, 1.165) is 0 Å². The van der Waals surface area contributed by atoms with Crippen molar-refractivity contribution >= 4 is 0 Å². The molecule has 0 bridgehead atoms. The van der Waals surface area contributed by atoms with E-state index in [1.54, 1.807) is 31.4 Å². The van der Waals surface area contributed by atoms with Crippen LogP contribution in [0, 0.1) is 0 Å². The fraction of sp³-hybridized carbons (Fsp3) is 0.250. The second kappa shape index (κ2) is 3.90. The van der Waals surface area contributed by atoms with Crippen LogP contribution in [0.25, 0.3) is 0 Å². The average Bonchev–Trinajstić information content (AvgIpc) is 2.01. The normalized spacial score (nSPS) is 10.7. The fourth-order valence-corrected chi connectivity index (χ4v) is 0.594. The molecule has 0 aromatic heterocycles. The van der Waals surface area contributed by atoms with E-state index in [2.05, 4.69) is 0 Å². The summed E-state index contributed by atoms with van der Waals surface area (Å²) < 4.78 is 17.0. The average molecular weight is 139 g/mol. The zero-order valence-electron chi connectivity index (χ0n) is 6.83. The Morgan fingerprint density at radius 2 is 2.40 bits per heavy atom. The largest absolute Gasteiger partial charge is 0.468 e. The van der Waals surface area contributed by atoms with Gasteiger partial charge in [-0.15, -0.1) is 0 Å². The lowest BCUT2D eigenvalue weighted by Gasteiger charge is -2.01. The first-order valence-corrected chi connectivity index (χ1v) is 3.01. The van der Waals surface area contributed by atoms with Crippen LogP contribution in [0.5, 0.6) is 5.75 Å². The van der Waals surface area contributed by atoms with Gasteiger partial charge in [0, 0.05) is 7.11 Å². The van der Waals surface area contributed by atoms with Gasteiger partial charge in [-0.3, -0.25) is 0 Å². The minimum absolute atomic E-state index is 0.226. The summed E-state index contributed by atoms with van der Waals surface area (Å²) in [6.45, 7) is 0.226. The number of hydrogen-bond donors (Lipinski definition) is 0. The van der Waals surface area contributed by atoms with E-state index in [1.807, 2.05) is 0 Å². The van der Waals surface area contributed by atoms with Crippen LogP contribution >= 0.6 is 0 Å². The van der Waals surface area contributed by atoms with E-state index in [9.17, 15) is 0 Å². The molecule has 0 fully saturated rings. The summed E-state index contributed by atoms with van der Waals surface area (Å²) in [7, 11) is 1.56. The van der Waals surface area contributed by atoms with Gasteiger partial charge in [0.2, 0.25) is 0 Å². The molecule has 0 aliphatic rings. The van der Waals surface area contributed by atoms with E-state index in [0.29, 0.717) is 11.8 Å². The monoisotopic (exact) mass is 139 g/mol. The zero-order valence-corrected chi connectivity index (χ0v) is 5.83. The van der Waals surface area contributed by atoms with Gasteiger partial charge in [0.15, 0.2) is 6.79 Å². The molecule has 1 rings (SSSR count). The topological polar surface area (TPSA) is 18.5 Å². The lowest BCUT2D eigenvalue weighted by atomic mass is 10.3. The minimum atomic E-state index is 0.226. The Morgan fingerprint density at radius 3 is 3.10 bits per heavy atom. The minimum Gasteiger partial charge on any atom is -0.468 e. The first-order chi connectivity index (χ1) is 5.33. The summed E-state index contributed by atoms with van der Waals surface area (Å²) >= 11 is 0. The molecule has 2 nitrogen and oxygen atoms in total. The molecule has 0 saturated heterocycles. The van der Waals surface area contributed by atoms with Crippen molar-refractivity contribution in [1.82, 2.24) is 0 Å². The van der Waals surface area contributed by atoms with Gasteiger partial charge in [-0.25, -0.2) is 0 Å². The summed E-state index contributed by atoms with van der Waals surface area (Å²) in [6, 6.07) is 7.34. The number of rotatable bonds is 3. The SMILES string of the molecule is [2H]c1cccc(OCOC)c1. The van der Waals surface area contributed by atoms with Crippen molar-refractivity contribution in [3.63, 3.8) is 0 Å². The third-order valence-electron chi connectivity index (χ3n) is 1.02. The fourth-order valence-electron chi connectivity index (χ4n) is 0.594. The van der Waals surface area contributed by atoms with E-state index < -0.39 is 0 Å². The maximum Gasteiger partial charge on any atom is 0.188 e. The molecule has 0 atom stereocenters. The van der Waals surface area contributed by atoms with E-state index in [-0.39, 0.29) is 6.79 Å². The van der Waals surface area contributed by atoms with Gasteiger partial charge >= 0.3 is 0 Å². The van der Waals surface area contributed by atoms with Gasteiger partial charge in [-0.2, -0.15) is 0 Å². The standard InChI is InChI=1S/C8H10O2/c1-9-7-10-8-5-3-2-4-6-8/h2-6H,7H2,1H3/i3D. The molecule has 0 N–H and O–H groups in total. The molecule has 0 aliphatic heterocycles. The number of hydrogen-bond acceptors (Lipinski definition) is 2. The quantitative estimate of drug-likeness (QED) is 0.593. The van der Waals surface area contributed by atoms with Crippen molar-refractivity contribution in [2.24, 2.45) is 0 Å². The number of benzene rings is 1. The molecule has 0 unspecified atom stereocenters. The molecule has 0 aliphatic carbocycles. The maximum atomic E-state index is 7.25. The van der Waals surface area contributed by atoms with Crippen molar-refractivity contribution in [2.45, 2.75) is 0 Å². The maximum absolute atomic E-state index is 7.25. The highest BCUT2D eigenvalue weighted by Crippen LogP contribution is 2.07. The number of methoxy groups -OCH3 is 1. The first kappa shape index (κ1) is 5.74. The van der Waals surface area contributed by atoms with Crippen molar-refractivity contribution in [2.75, 3.05) is 13.9 Å². The van der Waals surface area contributed by atoms with Crippen LogP contribution in [0.3, 0.4) is 0 Å². The van der Waals surface area contributed by atoms with Crippen LogP contribution in [0.15, 0.2) is 30.3 Å². The van der Waals surface area contributed by atoms with E-state index in [4.69, 9.17) is 10.8 Å². The third kappa shape index (κ3) is 2.07. The Labute approximate surface area is 61.8 Å². The number of ether oxygens (including phenoxy) is 2. The highest BCUT2D eigenvalue weighted by atomic mass is 16.7. The molecule has 2 heteroatoms. The second-order valence-corrected chi connectivity index (χ2v) is 1.79. The molecule has 0 heterocycles. The molecule has 1 aromatic rings. The lowest BCUT2D eigenvalue weighted by Crippen LogP contribution is -1.97. The Balaban J connectivity index is 2.56. The predicted octanol–water partition coefficient (Wildman–Crippen LogP) is 1.67. The second-order valence-electron chi connectivity index (χ2n) is 1.79. The van der Waals surface area contributed by atoms with Crippen LogP contribution in [0.2, 0.25) is 0 Å². The molecular formula is C8H10O2. The van der Waals surface area contributed by atoms with Crippen LogP contribution < -0.4 is 4.74 Å². The molecule has 1 aromatic carbocycles.